The first-order valence-corrected chi connectivity index (χ1v) is 7.11. The van der Waals surface area contributed by atoms with Gasteiger partial charge in [-0.1, -0.05) is 6.92 Å². The van der Waals surface area contributed by atoms with Crippen LogP contribution < -0.4 is 0 Å². The van der Waals surface area contributed by atoms with Gasteiger partial charge in [-0.05, 0) is 46.6 Å². The number of likely N-dealkylation sites (N-methyl/N-ethyl adjacent to an activating group) is 1. The summed E-state index contributed by atoms with van der Waals surface area (Å²) in [6.07, 6.45) is 3.27. The van der Waals surface area contributed by atoms with Gasteiger partial charge in [-0.3, -0.25) is 14.5 Å². The highest BCUT2D eigenvalue weighted by molar-refractivity contribution is 5.84. The first-order chi connectivity index (χ1) is 8.82. The number of carboxylic acids is 1. The monoisotopic (exact) mass is 270 g/mol. The maximum absolute atomic E-state index is 12.5. The van der Waals surface area contributed by atoms with E-state index in [4.69, 9.17) is 0 Å². The zero-order valence-electron chi connectivity index (χ0n) is 12.5. The highest BCUT2D eigenvalue weighted by atomic mass is 16.4. The zero-order valence-corrected chi connectivity index (χ0v) is 12.5. The number of hydrogen-bond acceptors (Lipinski definition) is 3. The van der Waals surface area contributed by atoms with Crippen LogP contribution in [-0.2, 0) is 9.59 Å². The summed E-state index contributed by atoms with van der Waals surface area (Å²) in [6.45, 7) is 9.15. The first kappa shape index (κ1) is 16.0. The molecule has 5 heteroatoms. The van der Waals surface area contributed by atoms with Crippen molar-refractivity contribution in [3.8, 4) is 0 Å². The number of aliphatic carboxylic acids is 1. The first-order valence-electron chi connectivity index (χ1n) is 7.11. The molecule has 0 radical (unpaired) electrons. The van der Waals surface area contributed by atoms with Crippen molar-refractivity contribution >= 4 is 11.9 Å². The van der Waals surface area contributed by atoms with E-state index in [1.165, 1.54) is 6.42 Å². The van der Waals surface area contributed by atoms with Crippen molar-refractivity contribution in [1.29, 1.82) is 0 Å². The number of amides is 1. The van der Waals surface area contributed by atoms with E-state index in [9.17, 15) is 14.7 Å². The Labute approximate surface area is 115 Å². The van der Waals surface area contributed by atoms with Gasteiger partial charge in [-0.15, -0.1) is 0 Å². The molecule has 1 aliphatic heterocycles. The lowest BCUT2D eigenvalue weighted by Gasteiger charge is -2.40. The van der Waals surface area contributed by atoms with Gasteiger partial charge in [0.15, 0.2) is 0 Å². The SMILES string of the molecule is CCN(C(C)C(=O)N1CCCCC1)C(C)(C)C(=O)O. The summed E-state index contributed by atoms with van der Waals surface area (Å²) in [5.74, 6) is -0.844. The fourth-order valence-electron chi connectivity index (χ4n) is 2.79. The van der Waals surface area contributed by atoms with E-state index in [0.29, 0.717) is 6.54 Å². The lowest BCUT2D eigenvalue weighted by atomic mass is 9.99. The van der Waals surface area contributed by atoms with E-state index in [1.807, 2.05) is 18.7 Å². The van der Waals surface area contributed by atoms with Crippen LogP contribution >= 0.6 is 0 Å². The third kappa shape index (κ3) is 3.47. The minimum Gasteiger partial charge on any atom is -0.480 e. The summed E-state index contributed by atoms with van der Waals surface area (Å²) in [6, 6.07) is -0.394. The number of hydrogen-bond donors (Lipinski definition) is 1. The van der Waals surface area contributed by atoms with Crippen molar-refractivity contribution < 1.29 is 14.7 Å². The van der Waals surface area contributed by atoms with E-state index in [2.05, 4.69) is 0 Å². The van der Waals surface area contributed by atoms with Gasteiger partial charge in [0.05, 0.1) is 6.04 Å². The molecule has 1 rings (SSSR count). The van der Waals surface area contributed by atoms with E-state index in [0.717, 1.165) is 25.9 Å². The maximum Gasteiger partial charge on any atom is 0.323 e. The van der Waals surface area contributed by atoms with E-state index >= 15 is 0 Å². The third-order valence-corrected chi connectivity index (χ3v) is 4.07. The van der Waals surface area contributed by atoms with Gasteiger partial charge in [0.25, 0.3) is 0 Å². The molecule has 0 aromatic rings. The Kier molecular flexibility index (Phi) is 5.35. The molecule has 0 spiro atoms. The predicted molar refractivity (Wildman–Crippen MR) is 74.0 cm³/mol. The van der Waals surface area contributed by atoms with Crippen LogP contribution in [0.3, 0.4) is 0 Å². The molecule has 1 fully saturated rings. The molecule has 1 atom stereocenters. The molecule has 0 aliphatic carbocycles. The average Bonchev–Trinajstić information content (AvgIpc) is 2.39. The summed E-state index contributed by atoms with van der Waals surface area (Å²) >= 11 is 0. The van der Waals surface area contributed by atoms with Gasteiger partial charge < -0.3 is 10.0 Å². The third-order valence-electron chi connectivity index (χ3n) is 4.07. The van der Waals surface area contributed by atoms with Gasteiger partial charge in [0.1, 0.15) is 5.54 Å². The molecule has 1 saturated heterocycles. The molecule has 1 aliphatic rings. The summed E-state index contributed by atoms with van der Waals surface area (Å²) in [5.41, 5.74) is -1.03. The molecule has 0 aromatic heterocycles. The smallest absolute Gasteiger partial charge is 0.323 e. The van der Waals surface area contributed by atoms with Gasteiger partial charge in [-0.2, -0.15) is 0 Å². The molecule has 1 unspecified atom stereocenters. The van der Waals surface area contributed by atoms with Crippen molar-refractivity contribution in [2.45, 2.75) is 58.5 Å². The van der Waals surface area contributed by atoms with Gasteiger partial charge in [0, 0.05) is 13.1 Å². The minimum absolute atomic E-state index is 0.0517. The number of likely N-dealkylation sites (tertiary alicyclic amines) is 1. The van der Waals surface area contributed by atoms with Crippen LogP contribution in [0.5, 0.6) is 0 Å². The van der Waals surface area contributed by atoms with E-state index in [1.54, 1.807) is 18.7 Å². The number of carboxylic acid groups (broad SMARTS) is 1. The lowest BCUT2D eigenvalue weighted by molar-refractivity contribution is -0.154. The molecular formula is C14H26N2O3. The van der Waals surface area contributed by atoms with Crippen LogP contribution in [0.25, 0.3) is 0 Å². The van der Waals surface area contributed by atoms with E-state index in [-0.39, 0.29) is 5.91 Å². The van der Waals surface area contributed by atoms with E-state index < -0.39 is 17.6 Å². The number of nitrogens with zero attached hydrogens (tertiary/aromatic N) is 2. The van der Waals surface area contributed by atoms with Crippen molar-refractivity contribution in [2.24, 2.45) is 0 Å². The highest BCUT2D eigenvalue weighted by Crippen LogP contribution is 2.20. The Balaban J connectivity index is 2.80. The molecule has 0 saturated carbocycles. The number of piperidine rings is 1. The second-order valence-electron chi connectivity index (χ2n) is 5.71. The van der Waals surface area contributed by atoms with Gasteiger partial charge in [0.2, 0.25) is 5.91 Å². The lowest BCUT2D eigenvalue weighted by Crippen LogP contribution is -2.58. The highest BCUT2D eigenvalue weighted by Gasteiger charge is 2.39. The summed E-state index contributed by atoms with van der Waals surface area (Å²) in [5, 5.41) is 9.32. The maximum atomic E-state index is 12.5. The molecule has 1 amide bonds. The quantitative estimate of drug-likeness (QED) is 0.824. The largest absolute Gasteiger partial charge is 0.480 e. The zero-order chi connectivity index (χ0) is 14.6. The van der Waals surface area contributed by atoms with Crippen molar-refractivity contribution in [2.75, 3.05) is 19.6 Å². The molecule has 110 valence electrons. The fraction of sp³-hybridized carbons (Fsp3) is 0.857. The van der Waals surface area contributed by atoms with Gasteiger partial charge in [-0.25, -0.2) is 0 Å². The molecule has 1 heterocycles. The normalized spacial score (nSPS) is 18.5. The predicted octanol–water partition coefficient (Wildman–Crippen LogP) is 1.57. The second kappa shape index (κ2) is 6.37. The van der Waals surface area contributed by atoms with Crippen LogP contribution in [0.4, 0.5) is 0 Å². The van der Waals surface area contributed by atoms with Crippen LogP contribution in [0, 0.1) is 0 Å². The number of carbonyl (C=O) groups excluding carboxylic acids is 1. The van der Waals surface area contributed by atoms with Crippen LogP contribution in [0.1, 0.15) is 47.0 Å². The Morgan fingerprint density at radius 1 is 1.26 bits per heavy atom. The molecular weight excluding hydrogens is 244 g/mol. The molecule has 5 nitrogen and oxygen atoms in total. The van der Waals surface area contributed by atoms with Crippen molar-refractivity contribution in [3.05, 3.63) is 0 Å². The van der Waals surface area contributed by atoms with Crippen LogP contribution in [0.2, 0.25) is 0 Å². The Hall–Kier alpha value is -1.10. The van der Waals surface area contributed by atoms with Crippen molar-refractivity contribution in [1.82, 2.24) is 9.80 Å². The Bertz CT molecular complexity index is 336. The standard InChI is InChI=1S/C14H26N2O3/c1-5-16(14(3,4)13(18)19)11(2)12(17)15-9-7-6-8-10-15/h11H,5-10H2,1-4H3,(H,18,19). The summed E-state index contributed by atoms with van der Waals surface area (Å²) in [7, 11) is 0. The fourth-order valence-corrected chi connectivity index (χ4v) is 2.79. The summed E-state index contributed by atoms with van der Waals surface area (Å²) in [4.78, 5) is 27.4. The minimum atomic E-state index is -1.03. The molecule has 19 heavy (non-hydrogen) atoms. The van der Waals surface area contributed by atoms with Crippen LogP contribution in [0.15, 0.2) is 0 Å². The topological polar surface area (TPSA) is 60.9 Å². The Morgan fingerprint density at radius 2 is 1.79 bits per heavy atom. The number of carbonyl (C=O) groups is 2. The number of rotatable bonds is 5. The van der Waals surface area contributed by atoms with Gasteiger partial charge >= 0.3 is 5.97 Å². The summed E-state index contributed by atoms with van der Waals surface area (Å²) < 4.78 is 0. The molecule has 0 aromatic carbocycles. The van der Waals surface area contributed by atoms with Crippen molar-refractivity contribution in [3.63, 3.8) is 0 Å². The molecule has 0 bridgehead atoms. The Morgan fingerprint density at radius 3 is 2.21 bits per heavy atom. The van der Waals surface area contributed by atoms with Crippen LogP contribution in [-0.4, -0.2) is 58.0 Å². The molecule has 1 N–H and O–H groups in total. The average molecular weight is 270 g/mol. The second-order valence-corrected chi connectivity index (χ2v) is 5.71.